The summed E-state index contributed by atoms with van der Waals surface area (Å²) in [6.45, 7) is 4.22. The van der Waals surface area contributed by atoms with Gasteiger partial charge in [0, 0.05) is 56.3 Å². The van der Waals surface area contributed by atoms with E-state index >= 15 is 0 Å². The lowest BCUT2D eigenvalue weighted by molar-refractivity contribution is -0.132. The van der Waals surface area contributed by atoms with Crippen molar-refractivity contribution >= 4 is 18.5 Å². The largest absolute Gasteiger partial charge is 0.353 e. The van der Waals surface area contributed by atoms with Gasteiger partial charge in [-0.05, 0) is 61.0 Å². The molecule has 9 heteroatoms. The van der Waals surface area contributed by atoms with Crippen LogP contribution in [0.5, 0.6) is 0 Å². The number of amides is 1. The molecule has 2 aliphatic rings. The molecule has 0 N–H and O–H groups in total. The Hall–Kier alpha value is -4.14. The third kappa shape index (κ3) is 5.10. The van der Waals surface area contributed by atoms with Crippen LogP contribution in [0.15, 0.2) is 70.5 Å². The summed E-state index contributed by atoms with van der Waals surface area (Å²) in [5.41, 5.74) is 2.58. The van der Waals surface area contributed by atoms with Crippen LogP contribution in [-0.4, -0.2) is 64.0 Å². The first-order chi connectivity index (χ1) is 17.5. The molecule has 1 fully saturated rings. The minimum atomic E-state index is -0.344. The molecule has 3 heterocycles. The maximum absolute atomic E-state index is 13.8. The molecule has 0 unspecified atom stereocenters. The minimum Gasteiger partial charge on any atom is -0.353 e. The van der Waals surface area contributed by atoms with E-state index in [0.717, 1.165) is 17.8 Å². The number of carbonyl (C=O) groups excluding carboxylic acids is 1. The number of halogens is 2. The molecule has 0 radical (unpaired) electrons. The number of benzene rings is 2. The van der Waals surface area contributed by atoms with Crippen LogP contribution in [0.1, 0.15) is 17.8 Å². The van der Waals surface area contributed by atoms with Crippen LogP contribution in [0.3, 0.4) is 0 Å². The summed E-state index contributed by atoms with van der Waals surface area (Å²) in [5, 5.41) is 0. The summed E-state index contributed by atoms with van der Waals surface area (Å²) in [5.74, 6) is 0.754. The van der Waals surface area contributed by atoms with Gasteiger partial charge in [0.15, 0.2) is 0 Å². The van der Waals surface area contributed by atoms with E-state index in [1.54, 1.807) is 54.5 Å². The number of carbonyl (C=O) groups is 1. The third-order valence-electron chi connectivity index (χ3n) is 6.37. The molecule has 0 spiro atoms. The molecule has 0 saturated carbocycles. The highest BCUT2D eigenvalue weighted by Gasteiger charge is 2.24. The summed E-state index contributed by atoms with van der Waals surface area (Å²) >= 11 is 0. The molecule has 5 rings (SSSR count). The summed E-state index contributed by atoms with van der Waals surface area (Å²) in [7, 11) is 0. The van der Waals surface area contributed by atoms with Crippen molar-refractivity contribution in [1.29, 1.82) is 0 Å². The lowest BCUT2D eigenvalue weighted by atomic mass is 10.1. The maximum atomic E-state index is 13.8. The van der Waals surface area contributed by atoms with Gasteiger partial charge in [-0.3, -0.25) is 4.79 Å². The average Bonchev–Trinajstić information content (AvgIpc) is 3.11. The van der Waals surface area contributed by atoms with Gasteiger partial charge in [-0.2, -0.15) is 0 Å². The van der Waals surface area contributed by atoms with Gasteiger partial charge in [0.1, 0.15) is 29.6 Å². The molecule has 0 aliphatic carbocycles. The first-order valence-corrected chi connectivity index (χ1v) is 11.9. The number of piperazine rings is 1. The van der Waals surface area contributed by atoms with Crippen molar-refractivity contribution in [3.63, 3.8) is 0 Å². The second-order valence-electron chi connectivity index (χ2n) is 8.77. The monoisotopic (exact) mass is 488 g/mol. The van der Waals surface area contributed by atoms with Crippen molar-refractivity contribution in [2.24, 2.45) is 9.98 Å². The number of hydrogen-bond acceptors (Lipinski definition) is 5. The molecule has 3 aromatic rings. The first-order valence-electron chi connectivity index (χ1n) is 11.9. The van der Waals surface area contributed by atoms with Gasteiger partial charge in [-0.15, -0.1) is 0 Å². The Morgan fingerprint density at radius 2 is 1.81 bits per heavy atom. The van der Waals surface area contributed by atoms with E-state index in [0.29, 0.717) is 48.9 Å². The van der Waals surface area contributed by atoms with Gasteiger partial charge in [0.2, 0.25) is 5.91 Å². The third-order valence-corrected chi connectivity index (χ3v) is 6.37. The number of imidazole rings is 1. The SMILES string of the molecule is Cc1cc(-c2cn(-c3ccc(F)cc3)c(CC(=O)N3CCN(C4=CCC=NC=N4)CC3)n2)ccc1F. The van der Waals surface area contributed by atoms with Crippen LogP contribution in [0, 0.1) is 18.6 Å². The van der Waals surface area contributed by atoms with Crippen LogP contribution in [0.25, 0.3) is 16.9 Å². The maximum Gasteiger partial charge on any atom is 0.230 e. The fourth-order valence-corrected chi connectivity index (χ4v) is 4.37. The Kier molecular flexibility index (Phi) is 6.71. The molecule has 7 nitrogen and oxygen atoms in total. The standard InChI is InChI=1S/C27H26F2N6O/c1-19-15-20(4-9-23(19)29)24-17-35(22-7-5-21(28)6-8-22)26(32-24)16-27(36)34-13-11-33(12-14-34)25-3-2-10-30-18-31-25/h3-10,15,17-18H,2,11-14,16H2,1H3. The van der Waals surface area contributed by atoms with Crippen molar-refractivity contribution < 1.29 is 13.6 Å². The van der Waals surface area contributed by atoms with E-state index < -0.39 is 0 Å². The van der Waals surface area contributed by atoms with E-state index in [-0.39, 0.29) is 24.0 Å². The highest BCUT2D eigenvalue weighted by atomic mass is 19.1. The molecule has 0 atom stereocenters. The molecule has 1 aromatic heterocycles. The minimum absolute atomic E-state index is 0.0351. The fourth-order valence-electron chi connectivity index (χ4n) is 4.37. The number of aromatic nitrogens is 2. The number of aliphatic imine (C=N–C) groups is 2. The Morgan fingerprint density at radius 1 is 1.03 bits per heavy atom. The second-order valence-corrected chi connectivity index (χ2v) is 8.77. The molecule has 36 heavy (non-hydrogen) atoms. The van der Waals surface area contributed by atoms with Crippen LogP contribution in [0.2, 0.25) is 0 Å². The topological polar surface area (TPSA) is 66.1 Å². The van der Waals surface area contributed by atoms with Crippen molar-refractivity contribution in [2.45, 2.75) is 19.8 Å². The zero-order chi connectivity index (χ0) is 25.1. The van der Waals surface area contributed by atoms with Gasteiger partial charge in [0.25, 0.3) is 0 Å². The van der Waals surface area contributed by atoms with Gasteiger partial charge in [-0.25, -0.2) is 23.7 Å². The lowest BCUT2D eigenvalue weighted by Crippen LogP contribution is -2.48. The highest BCUT2D eigenvalue weighted by Crippen LogP contribution is 2.25. The van der Waals surface area contributed by atoms with Crippen LogP contribution < -0.4 is 0 Å². The van der Waals surface area contributed by atoms with Crippen LogP contribution in [0.4, 0.5) is 8.78 Å². The molecule has 2 aliphatic heterocycles. The number of rotatable bonds is 5. The highest BCUT2D eigenvalue weighted by molar-refractivity contribution is 5.79. The van der Waals surface area contributed by atoms with Gasteiger partial charge >= 0.3 is 0 Å². The first kappa shape index (κ1) is 23.6. The van der Waals surface area contributed by atoms with Gasteiger partial charge < -0.3 is 14.4 Å². The zero-order valence-electron chi connectivity index (χ0n) is 19.9. The summed E-state index contributed by atoms with van der Waals surface area (Å²) in [6, 6.07) is 10.8. The molecule has 1 saturated heterocycles. The molecule has 0 bridgehead atoms. The average molecular weight is 489 g/mol. The predicted molar refractivity (Wildman–Crippen MR) is 135 cm³/mol. The summed E-state index contributed by atoms with van der Waals surface area (Å²) in [4.78, 5) is 30.4. The molecule has 184 valence electrons. The predicted octanol–water partition coefficient (Wildman–Crippen LogP) is 4.16. The van der Waals surface area contributed by atoms with E-state index in [1.165, 1.54) is 18.2 Å². The second kappa shape index (κ2) is 10.2. The van der Waals surface area contributed by atoms with Crippen molar-refractivity contribution in [3.8, 4) is 16.9 Å². The Balaban J connectivity index is 1.35. The zero-order valence-corrected chi connectivity index (χ0v) is 19.9. The Labute approximate surface area is 208 Å². The Bertz CT molecular complexity index is 1350. The molecule has 1 amide bonds. The van der Waals surface area contributed by atoms with Gasteiger partial charge in [0.05, 0.1) is 12.1 Å². The van der Waals surface area contributed by atoms with E-state index in [9.17, 15) is 13.6 Å². The van der Waals surface area contributed by atoms with E-state index in [4.69, 9.17) is 4.98 Å². The van der Waals surface area contributed by atoms with Gasteiger partial charge in [-0.1, -0.05) is 0 Å². The summed E-state index contributed by atoms with van der Waals surface area (Å²) < 4.78 is 29.2. The number of allylic oxidation sites excluding steroid dienone is 1. The molecular formula is C27H26F2N6O. The number of nitrogens with zero attached hydrogens (tertiary/aromatic N) is 6. The number of hydrogen-bond donors (Lipinski definition) is 0. The smallest absolute Gasteiger partial charge is 0.230 e. The van der Waals surface area contributed by atoms with Crippen molar-refractivity contribution in [3.05, 3.63) is 83.6 Å². The van der Waals surface area contributed by atoms with Crippen molar-refractivity contribution in [1.82, 2.24) is 19.4 Å². The Morgan fingerprint density at radius 3 is 2.56 bits per heavy atom. The van der Waals surface area contributed by atoms with E-state index in [2.05, 4.69) is 14.9 Å². The quantitative estimate of drug-likeness (QED) is 0.542. The lowest BCUT2D eigenvalue weighted by Gasteiger charge is -2.36. The van der Waals surface area contributed by atoms with Crippen LogP contribution in [-0.2, 0) is 11.2 Å². The van der Waals surface area contributed by atoms with Crippen molar-refractivity contribution in [2.75, 3.05) is 26.2 Å². The number of aryl methyl sites for hydroxylation is 1. The fraction of sp³-hybridized carbons (Fsp3) is 0.259. The molecular weight excluding hydrogens is 462 g/mol. The molecule has 2 aromatic carbocycles. The normalized spacial score (nSPS) is 15.7. The summed E-state index contributed by atoms with van der Waals surface area (Å²) in [6.07, 6.45) is 8.01. The van der Waals surface area contributed by atoms with E-state index in [1.807, 2.05) is 11.0 Å². The van der Waals surface area contributed by atoms with Crippen LogP contribution >= 0.6 is 0 Å².